The van der Waals surface area contributed by atoms with Crippen molar-refractivity contribution in [3.05, 3.63) is 72.1 Å². The van der Waals surface area contributed by atoms with Crippen molar-refractivity contribution in [2.45, 2.75) is 25.4 Å². The van der Waals surface area contributed by atoms with Crippen molar-refractivity contribution in [2.24, 2.45) is 0 Å². The molecular weight excluding hydrogens is 460 g/mol. The minimum Gasteiger partial charge on any atom is -0.482 e. The highest BCUT2D eigenvalue weighted by molar-refractivity contribution is 6.08. The topological polar surface area (TPSA) is 99.3 Å². The Bertz CT molecular complexity index is 1360. The van der Waals surface area contributed by atoms with Gasteiger partial charge in [-0.25, -0.2) is 0 Å². The molecule has 0 radical (unpaired) electrons. The molecular formula is C27H26N4O5. The molecule has 1 N–H and O–H groups in total. The number of nitrogens with zero attached hydrogens (tertiary/aromatic N) is 3. The Hall–Kier alpha value is -4.40. The highest BCUT2D eigenvalue weighted by Gasteiger charge is 2.35. The van der Waals surface area contributed by atoms with Gasteiger partial charge in [0.15, 0.2) is 6.61 Å². The standard InChI is InChI=1S/C27H26N4O5/c1-15(26(34)29(3)18-9-10-18)28-25(33)16(2)31-13-21-19(6-5-7-20(21)27(31)35)17-8-11-23-22(12-17)30(4)24(32)14-36-23/h5-8,11-12,18H,1-2,9-10,13-14H2,3-4H3,(H,28,33). The summed E-state index contributed by atoms with van der Waals surface area (Å²) < 4.78 is 5.52. The Kier molecular flexibility index (Phi) is 5.62. The number of nitrogens with one attached hydrogen (secondary N) is 1. The molecule has 36 heavy (non-hydrogen) atoms. The van der Waals surface area contributed by atoms with Gasteiger partial charge in [-0.1, -0.05) is 31.4 Å². The first-order valence-corrected chi connectivity index (χ1v) is 11.6. The predicted octanol–water partition coefficient (Wildman–Crippen LogP) is 2.43. The van der Waals surface area contributed by atoms with E-state index in [1.165, 1.54) is 4.90 Å². The van der Waals surface area contributed by atoms with Crippen molar-refractivity contribution >= 4 is 29.3 Å². The lowest BCUT2D eigenvalue weighted by Gasteiger charge is -2.26. The van der Waals surface area contributed by atoms with Crippen LogP contribution in [-0.2, 0) is 20.9 Å². The Labute approximate surface area is 208 Å². The summed E-state index contributed by atoms with van der Waals surface area (Å²) in [7, 11) is 3.37. The molecule has 4 amide bonds. The zero-order valence-electron chi connectivity index (χ0n) is 20.2. The van der Waals surface area contributed by atoms with Crippen LogP contribution in [0.1, 0.15) is 28.8 Å². The zero-order chi connectivity index (χ0) is 25.7. The van der Waals surface area contributed by atoms with Gasteiger partial charge in [0.1, 0.15) is 11.4 Å². The largest absolute Gasteiger partial charge is 0.482 e. The summed E-state index contributed by atoms with van der Waals surface area (Å²) in [5, 5.41) is 2.49. The maximum atomic E-state index is 13.2. The van der Waals surface area contributed by atoms with Crippen LogP contribution in [-0.4, -0.2) is 60.2 Å². The number of benzene rings is 2. The van der Waals surface area contributed by atoms with Crippen molar-refractivity contribution < 1.29 is 23.9 Å². The normalized spacial score (nSPS) is 16.2. The monoisotopic (exact) mass is 486 g/mol. The van der Waals surface area contributed by atoms with E-state index in [9.17, 15) is 19.2 Å². The second-order valence-electron chi connectivity index (χ2n) is 9.17. The Morgan fingerprint density at radius 3 is 2.56 bits per heavy atom. The van der Waals surface area contributed by atoms with Crippen LogP contribution < -0.4 is 15.0 Å². The van der Waals surface area contributed by atoms with Gasteiger partial charge in [0, 0.05) is 25.7 Å². The second kappa shape index (κ2) is 8.67. The van der Waals surface area contributed by atoms with Crippen molar-refractivity contribution in [1.82, 2.24) is 15.1 Å². The van der Waals surface area contributed by atoms with Crippen LogP contribution in [0.4, 0.5) is 5.69 Å². The highest BCUT2D eigenvalue weighted by atomic mass is 16.5. The number of anilines is 1. The second-order valence-corrected chi connectivity index (χ2v) is 9.17. The Morgan fingerprint density at radius 1 is 1.11 bits per heavy atom. The van der Waals surface area contributed by atoms with Crippen LogP contribution in [0.25, 0.3) is 11.1 Å². The Morgan fingerprint density at radius 2 is 1.83 bits per heavy atom. The van der Waals surface area contributed by atoms with E-state index in [-0.39, 0.29) is 48.3 Å². The summed E-state index contributed by atoms with van der Waals surface area (Å²) in [4.78, 5) is 55.0. The van der Waals surface area contributed by atoms with E-state index in [0.717, 1.165) is 29.5 Å². The number of carbonyl (C=O) groups excluding carboxylic acids is 4. The van der Waals surface area contributed by atoms with Gasteiger partial charge in [-0.2, -0.15) is 0 Å². The number of ether oxygens (including phenoxy) is 1. The van der Waals surface area contributed by atoms with Gasteiger partial charge >= 0.3 is 0 Å². The van der Waals surface area contributed by atoms with Gasteiger partial charge in [0.25, 0.3) is 23.6 Å². The summed E-state index contributed by atoms with van der Waals surface area (Å²) in [6.07, 6.45) is 1.87. The molecule has 9 nitrogen and oxygen atoms in total. The molecule has 184 valence electrons. The number of rotatable bonds is 6. The lowest BCUT2D eigenvalue weighted by molar-refractivity contribution is -0.128. The first-order chi connectivity index (χ1) is 17.2. The molecule has 0 bridgehead atoms. The fourth-order valence-corrected chi connectivity index (χ4v) is 4.49. The van der Waals surface area contributed by atoms with Crippen LogP contribution in [0, 0.1) is 0 Å². The van der Waals surface area contributed by atoms with E-state index in [0.29, 0.717) is 17.0 Å². The third kappa shape index (κ3) is 3.92. The van der Waals surface area contributed by atoms with Crippen molar-refractivity contribution in [3.63, 3.8) is 0 Å². The molecule has 1 fully saturated rings. The molecule has 0 atom stereocenters. The van der Waals surface area contributed by atoms with Crippen molar-refractivity contribution in [1.29, 1.82) is 0 Å². The summed E-state index contributed by atoms with van der Waals surface area (Å²) >= 11 is 0. The van der Waals surface area contributed by atoms with Gasteiger partial charge in [-0.15, -0.1) is 0 Å². The molecule has 1 aliphatic carbocycles. The fraction of sp³-hybridized carbons (Fsp3) is 0.259. The van der Waals surface area contributed by atoms with Crippen LogP contribution >= 0.6 is 0 Å². The highest BCUT2D eigenvalue weighted by Crippen LogP contribution is 2.39. The molecule has 2 aromatic carbocycles. The number of carbonyl (C=O) groups is 4. The number of likely N-dealkylation sites (N-methyl/N-ethyl adjacent to an activating group) is 2. The predicted molar refractivity (Wildman–Crippen MR) is 133 cm³/mol. The quantitative estimate of drug-likeness (QED) is 0.633. The average Bonchev–Trinajstić information content (AvgIpc) is 3.68. The van der Waals surface area contributed by atoms with Gasteiger partial charge in [0.05, 0.1) is 17.9 Å². The minimum atomic E-state index is -0.661. The van der Waals surface area contributed by atoms with Gasteiger partial charge in [0.2, 0.25) is 0 Å². The molecule has 2 aromatic rings. The number of hydrogen-bond acceptors (Lipinski definition) is 5. The molecule has 5 rings (SSSR count). The molecule has 2 aliphatic heterocycles. The summed E-state index contributed by atoms with van der Waals surface area (Å²) in [6.45, 7) is 7.64. The average molecular weight is 487 g/mol. The molecule has 0 aromatic heterocycles. The third-order valence-corrected chi connectivity index (χ3v) is 6.85. The molecule has 0 unspecified atom stereocenters. The first kappa shape index (κ1) is 23.3. The number of hydrogen-bond donors (Lipinski definition) is 1. The lowest BCUT2D eigenvalue weighted by Crippen LogP contribution is -2.40. The summed E-state index contributed by atoms with van der Waals surface area (Å²) in [5.41, 5.74) is 3.32. The minimum absolute atomic E-state index is 0.00783. The van der Waals surface area contributed by atoms with E-state index in [1.807, 2.05) is 18.2 Å². The summed E-state index contributed by atoms with van der Waals surface area (Å²) in [5.74, 6) is -0.918. The molecule has 9 heteroatoms. The van der Waals surface area contributed by atoms with E-state index >= 15 is 0 Å². The van der Waals surface area contributed by atoms with E-state index in [1.54, 1.807) is 42.1 Å². The maximum absolute atomic E-state index is 13.2. The smallest absolute Gasteiger partial charge is 0.271 e. The van der Waals surface area contributed by atoms with Crippen LogP contribution in [0.3, 0.4) is 0 Å². The SMILES string of the molecule is C=C(NC(=O)C(=C)N1Cc2c(cccc2-c2ccc3c(c2)N(C)C(=O)CO3)C1=O)C(=O)N(C)C1CC1. The van der Waals surface area contributed by atoms with Crippen molar-refractivity contribution in [2.75, 3.05) is 25.6 Å². The van der Waals surface area contributed by atoms with Crippen LogP contribution in [0.2, 0.25) is 0 Å². The van der Waals surface area contributed by atoms with Crippen LogP contribution in [0.15, 0.2) is 61.0 Å². The molecule has 1 saturated carbocycles. The molecule has 0 saturated heterocycles. The Balaban J connectivity index is 1.36. The van der Waals surface area contributed by atoms with Gasteiger partial charge < -0.3 is 19.9 Å². The lowest BCUT2D eigenvalue weighted by atomic mass is 9.96. The first-order valence-electron chi connectivity index (χ1n) is 11.6. The van der Waals surface area contributed by atoms with E-state index in [2.05, 4.69) is 18.5 Å². The number of amides is 4. The molecule has 2 heterocycles. The maximum Gasteiger partial charge on any atom is 0.271 e. The third-order valence-electron chi connectivity index (χ3n) is 6.85. The van der Waals surface area contributed by atoms with Gasteiger partial charge in [-0.3, -0.25) is 24.1 Å². The fourth-order valence-electron chi connectivity index (χ4n) is 4.49. The van der Waals surface area contributed by atoms with Crippen molar-refractivity contribution in [3.8, 4) is 16.9 Å². The zero-order valence-corrected chi connectivity index (χ0v) is 20.2. The number of fused-ring (bicyclic) bond motifs is 2. The molecule has 3 aliphatic rings. The molecule has 0 spiro atoms. The van der Waals surface area contributed by atoms with Gasteiger partial charge in [-0.05, 0) is 47.7 Å². The van der Waals surface area contributed by atoms with E-state index < -0.39 is 5.91 Å². The van der Waals surface area contributed by atoms with E-state index in [4.69, 9.17) is 4.74 Å². The summed E-state index contributed by atoms with van der Waals surface area (Å²) in [6, 6.07) is 11.1. The van der Waals surface area contributed by atoms with Crippen LogP contribution in [0.5, 0.6) is 5.75 Å².